The van der Waals surface area contributed by atoms with Crippen molar-refractivity contribution in [2.75, 3.05) is 11.9 Å². The number of benzene rings is 1. The molecule has 1 atom stereocenters. The number of hydrogen-bond acceptors (Lipinski definition) is 2. The van der Waals surface area contributed by atoms with Gasteiger partial charge in [-0.2, -0.15) is 0 Å². The van der Waals surface area contributed by atoms with E-state index >= 15 is 0 Å². The van der Waals surface area contributed by atoms with Crippen LogP contribution in [0.5, 0.6) is 0 Å². The fourth-order valence-electron chi connectivity index (χ4n) is 1.30. The lowest BCUT2D eigenvalue weighted by Gasteiger charge is -2.12. The van der Waals surface area contributed by atoms with Crippen molar-refractivity contribution in [3.05, 3.63) is 28.7 Å². The summed E-state index contributed by atoms with van der Waals surface area (Å²) in [4.78, 5) is 23.0. The molecular weight excluding hydrogens is 310 g/mol. The highest BCUT2D eigenvalue weighted by Crippen LogP contribution is 2.13. The zero-order valence-corrected chi connectivity index (χ0v) is 12.6. The van der Waals surface area contributed by atoms with E-state index in [9.17, 15) is 9.59 Å². The summed E-state index contributed by atoms with van der Waals surface area (Å²) in [5, 5.41) is 7.91. The van der Waals surface area contributed by atoms with Gasteiger partial charge in [-0.1, -0.05) is 22.9 Å². The van der Waals surface area contributed by atoms with E-state index in [0.29, 0.717) is 5.69 Å². The van der Waals surface area contributed by atoms with Crippen molar-refractivity contribution in [1.29, 1.82) is 0 Å². The minimum absolute atomic E-state index is 0.0350. The maximum absolute atomic E-state index is 11.5. The monoisotopic (exact) mass is 327 g/mol. The lowest BCUT2D eigenvalue weighted by molar-refractivity contribution is -0.120. The maximum Gasteiger partial charge on any atom is 0.319 e. The number of amides is 3. The number of anilines is 1. The molecule has 0 radical (unpaired) electrons. The van der Waals surface area contributed by atoms with E-state index in [-0.39, 0.29) is 18.5 Å². The topological polar surface area (TPSA) is 70.2 Å². The average Bonchev–Trinajstić information content (AvgIpc) is 2.39. The molecule has 104 valence electrons. The van der Waals surface area contributed by atoms with Crippen LogP contribution in [0.25, 0.3) is 0 Å². The average molecular weight is 328 g/mol. The highest BCUT2D eigenvalue weighted by atomic mass is 79.9. The molecule has 3 amide bonds. The van der Waals surface area contributed by atoms with E-state index in [1.165, 1.54) is 0 Å². The van der Waals surface area contributed by atoms with Crippen LogP contribution in [0.4, 0.5) is 10.5 Å². The van der Waals surface area contributed by atoms with Gasteiger partial charge in [0, 0.05) is 16.2 Å². The third-order valence-electron chi connectivity index (χ3n) is 2.53. The van der Waals surface area contributed by atoms with E-state index in [1.807, 2.05) is 26.0 Å². The van der Waals surface area contributed by atoms with Crippen molar-refractivity contribution < 1.29 is 9.59 Å². The standard InChI is InChI=1S/C13H18BrN3O2/c1-3-9(2)16-12(18)8-15-13(19)17-11-6-4-10(14)5-7-11/h4-7,9H,3,8H2,1-2H3,(H,16,18)(H2,15,17,19)/t9-/m0/s1. The highest BCUT2D eigenvalue weighted by molar-refractivity contribution is 9.10. The van der Waals surface area contributed by atoms with E-state index in [4.69, 9.17) is 0 Å². The molecule has 6 heteroatoms. The van der Waals surface area contributed by atoms with Gasteiger partial charge in [0.1, 0.15) is 0 Å². The molecule has 0 aliphatic carbocycles. The van der Waals surface area contributed by atoms with Crippen LogP contribution in [0, 0.1) is 0 Å². The molecule has 0 bridgehead atoms. The molecule has 0 aliphatic rings. The van der Waals surface area contributed by atoms with Gasteiger partial charge < -0.3 is 16.0 Å². The van der Waals surface area contributed by atoms with Crippen LogP contribution in [0.3, 0.4) is 0 Å². The van der Waals surface area contributed by atoms with Gasteiger partial charge in [0.15, 0.2) is 0 Å². The Morgan fingerprint density at radius 2 is 1.89 bits per heavy atom. The summed E-state index contributed by atoms with van der Waals surface area (Å²) >= 11 is 3.31. The Hall–Kier alpha value is -1.56. The Bertz CT molecular complexity index is 434. The number of nitrogens with one attached hydrogen (secondary N) is 3. The summed E-state index contributed by atoms with van der Waals surface area (Å²) in [5.41, 5.74) is 0.669. The highest BCUT2D eigenvalue weighted by Gasteiger charge is 2.07. The van der Waals surface area contributed by atoms with E-state index in [1.54, 1.807) is 12.1 Å². The van der Waals surface area contributed by atoms with E-state index in [0.717, 1.165) is 10.9 Å². The fraction of sp³-hybridized carbons (Fsp3) is 0.385. The maximum atomic E-state index is 11.5. The Balaban J connectivity index is 2.32. The summed E-state index contributed by atoms with van der Waals surface area (Å²) in [6.45, 7) is 3.87. The van der Waals surface area contributed by atoms with Crippen LogP contribution in [-0.2, 0) is 4.79 Å². The number of carbonyl (C=O) groups is 2. The summed E-state index contributed by atoms with van der Waals surface area (Å²) in [6, 6.07) is 6.90. The second kappa shape index (κ2) is 7.78. The third kappa shape index (κ3) is 6.24. The lowest BCUT2D eigenvalue weighted by atomic mass is 10.2. The first-order chi connectivity index (χ1) is 9.01. The zero-order valence-electron chi connectivity index (χ0n) is 11.0. The number of halogens is 1. The van der Waals surface area contributed by atoms with Crippen molar-refractivity contribution in [2.45, 2.75) is 26.3 Å². The van der Waals surface area contributed by atoms with Crippen LogP contribution >= 0.6 is 15.9 Å². The van der Waals surface area contributed by atoms with Gasteiger partial charge in [-0.25, -0.2) is 4.79 Å². The van der Waals surface area contributed by atoms with E-state index < -0.39 is 6.03 Å². The first kappa shape index (κ1) is 15.5. The van der Waals surface area contributed by atoms with Gasteiger partial charge in [-0.3, -0.25) is 4.79 Å². The molecule has 19 heavy (non-hydrogen) atoms. The van der Waals surface area contributed by atoms with Crippen LogP contribution in [0.15, 0.2) is 28.7 Å². The van der Waals surface area contributed by atoms with Gasteiger partial charge >= 0.3 is 6.03 Å². The third-order valence-corrected chi connectivity index (χ3v) is 3.06. The molecule has 0 aromatic heterocycles. The molecule has 3 N–H and O–H groups in total. The molecule has 0 spiro atoms. The molecule has 0 aliphatic heterocycles. The molecule has 0 unspecified atom stereocenters. The molecule has 0 saturated heterocycles. The molecule has 0 fully saturated rings. The smallest absolute Gasteiger partial charge is 0.319 e. The predicted molar refractivity (Wildman–Crippen MR) is 79.1 cm³/mol. The number of rotatable bonds is 5. The number of hydrogen-bond donors (Lipinski definition) is 3. The van der Waals surface area contributed by atoms with E-state index in [2.05, 4.69) is 31.9 Å². The minimum atomic E-state index is -0.401. The van der Waals surface area contributed by atoms with Gasteiger partial charge in [-0.15, -0.1) is 0 Å². The fourth-order valence-corrected chi connectivity index (χ4v) is 1.56. The quantitative estimate of drug-likeness (QED) is 0.777. The molecule has 1 aromatic rings. The molecule has 1 aromatic carbocycles. The predicted octanol–water partition coefficient (Wildman–Crippen LogP) is 2.49. The molecule has 0 saturated carbocycles. The summed E-state index contributed by atoms with van der Waals surface area (Å²) in [7, 11) is 0. The molecule has 5 nitrogen and oxygen atoms in total. The second-order valence-corrected chi connectivity index (χ2v) is 5.11. The van der Waals surface area contributed by atoms with Crippen molar-refractivity contribution in [2.24, 2.45) is 0 Å². The Kier molecular flexibility index (Phi) is 6.35. The largest absolute Gasteiger partial charge is 0.352 e. The second-order valence-electron chi connectivity index (χ2n) is 4.19. The van der Waals surface area contributed by atoms with Gasteiger partial charge in [0.2, 0.25) is 5.91 Å². The first-order valence-corrected chi connectivity index (χ1v) is 6.90. The Labute approximate surface area is 121 Å². The van der Waals surface area contributed by atoms with Crippen LogP contribution < -0.4 is 16.0 Å². The Morgan fingerprint density at radius 3 is 2.47 bits per heavy atom. The molecular formula is C13H18BrN3O2. The summed E-state index contributed by atoms with van der Waals surface area (Å²) in [5.74, 6) is -0.194. The molecule has 0 heterocycles. The molecule has 1 rings (SSSR count). The van der Waals surface area contributed by atoms with Crippen LogP contribution in [-0.4, -0.2) is 24.5 Å². The van der Waals surface area contributed by atoms with Crippen molar-refractivity contribution in [3.8, 4) is 0 Å². The van der Waals surface area contributed by atoms with Crippen molar-refractivity contribution in [3.63, 3.8) is 0 Å². The minimum Gasteiger partial charge on any atom is -0.352 e. The first-order valence-electron chi connectivity index (χ1n) is 6.11. The van der Waals surface area contributed by atoms with Crippen molar-refractivity contribution in [1.82, 2.24) is 10.6 Å². The van der Waals surface area contributed by atoms with Crippen LogP contribution in [0.2, 0.25) is 0 Å². The summed E-state index contributed by atoms with van der Waals surface area (Å²) < 4.78 is 0.936. The number of carbonyl (C=O) groups excluding carboxylic acids is 2. The van der Waals surface area contributed by atoms with Crippen molar-refractivity contribution >= 4 is 33.6 Å². The summed E-state index contributed by atoms with van der Waals surface area (Å²) in [6.07, 6.45) is 0.858. The lowest BCUT2D eigenvalue weighted by Crippen LogP contribution is -2.41. The SMILES string of the molecule is CC[C@H](C)NC(=O)CNC(=O)Nc1ccc(Br)cc1. The van der Waals surface area contributed by atoms with Gasteiger partial charge in [0.25, 0.3) is 0 Å². The normalized spacial score (nSPS) is 11.5. The van der Waals surface area contributed by atoms with Gasteiger partial charge in [0.05, 0.1) is 6.54 Å². The Morgan fingerprint density at radius 1 is 1.26 bits per heavy atom. The van der Waals surface area contributed by atoms with Gasteiger partial charge in [-0.05, 0) is 37.6 Å². The number of urea groups is 1. The zero-order chi connectivity index (χ0) is 14.3. The van der Waals surface area contributed by atoms with Crippen LogP contribution in [0.1, 0.15) is 20.3 Å².